The van der Waals surface area contributed by atoms with E-state index in [1.165, 1.54) is 96.7 Å². The number of hydrogen-bond donors (Lipinski definition) is 0. The largest absolute Gasteiger partial charge is 0.454 e. The van der Waals surface area contributed by atoms with Crippen LogP contribution < -0.4 is 31.1 Å². The molecule has 0 radical (unpaired) electrons. The fourth-order valence-corrected chi connectivity index (χ4v) is 17.2. The Hall–Kier alpha value is -7.18. The van der Waals surface area contributed by atoms with Crippen molar-refractivity contribution in [1.82, 2.24) is 0 Å². The minimum atomic E-state index is -0.208. The Morgan fingerprint density at radius 2 is 0.854 bits per heavy atom. The van der Waals surface area contributed by atoms with Crippen LogP contribution in [0.3, 0.4) is 0 Å². The summed E-state index contributed by atoms with van der Waals surface area (Å²) in [4.78, 5) is 8.19. The standard InChI is InChI=1S/C76H78BN3O2/c1-70(2,3)45-30-31-58-55(38-45)75(12)32-18-19-33-76(75,13)80(58)46-39-63-67-64(40-46)79(60-27-21-25-50-48-23-15-17-29-66(48)82-69(50)60)62-44-54-52(72(6,7)35-37-74(54,10)11)42-57(62)77(67)56-41-51-53(73(8,9)36-34-71(51,4)5)43-61(56)78(63)59-26-20-24-49-47-22-14-16-28-65(47)81-68(49)59/h14-17,20-31,38-44H,18-19,32-37H2,1-13H3. The molecule has 0 N–H and O–H groups in total. The molecule has 1 saturated carbocycles. The van der Waals surface area contributed by atoms with Crippen LogP contribution in [0, 0.1) is 0 Å². The Bertz CT molecular complexity index is 4200. The highest BCUT2D eigenvalue weighted by Gasteiger charge is 2.59. The van der Waals surface area contributed by atoms with Crippen molar-refractivity contribution in [3.63, 3.8) is 0 Å². The van der Waals surface area contributed by atoms with Crippen LogP contribution in [0.15, 0.2) is 148 Å². The molecule has 3 aliphatic heterocycles. The molecule has 16 rings (SSSR count). The molecule has 8 aromatic carbocycles. The highest BCUT2D eigenvalue weighted by Crippen LogP contribution is 2.63. The topological polar surface area (TPSA) is 36.0 Å². The van der Waals surface area contributed by atoms with Crippen LogP contribution in [-0.2, 0) is 32.5 Å². The molecule has 2 unspecified atom stereocenters. The maximum absolute atomic E-state index is 7.22. The van der Waals surface area contributed by atoms with Gasteiger partial charge in [-0.2, -0.15) is 0 Å². The number of para-hydroxylation sites is 4. The van der Waals surface area contributed by atoms with E-state index in [1.54, 1.807) is 0 Å². The molecule has 0 amide bonds. The first-order valence-electron chi connectivity index (χ1n) is 30.9. The predicted octanol–water partition coefficient (Wildman–Crippen LogP) is 19.3. The third kappa shape index (κ3) is 6.64. The van der Waals surface area contributed by atoms with Gasteiger partial charge in [-0.1, -0.05) is 181 Å². The number of nitrogens with zero attached hydrogens (tertiary/aromatic N) is 3. The SMILES string of the molecule is CC(C)(C)c1ccc2c(c1)C1(C)CCCCC1(C)N2c1cc2c3c(c1)N(c1cccc4c1oc1ccccc14)c1cc4c(cc1B3c1cc3c(cc1N2c1cccc2c1oc1ccccc12)C(C)(C)CCC3(C)C)C(C)(C)CCC4(C)C. The lowest BCUT2D eigenvalue weighted by molar-refractivity contribution is 0.195. The van der Waals surface area contributed by atoms with Crippen molar-refractivity contribution in [3.05, 3.63) is 173 Å². The van der Waals surface area contributed by atoms with E-state index in [1.807, 2.05) is 0 Å². The smallest absolute Gasteiger partial charge is 0.252 e. The average Bonchev–Trinajstić information content (AvgIpc) is 2.95. The number of fused-ring (bicyclic) bond motifs is 15. The van der Waals surface area contributed by atoms with Crippen LogP contribution in [0.5, 0.6) is 0 Å². The minimum absolute atomic E-state index is 0.0119. The molecule has 1 fully saturated rings. The quantitative estimate of drug-likeness (QED) is 0.165. The molecule has 6 heteroatoms. The molecule has 5 nitrogen and oxygen atoms in total. The van der Waals surface area contributed by atoms with Gasteiger partial charge in [0.25, 0.3) is 6.71 Å². The number of anilines is 8. The van der Waals surface area contributed by atoms with Gasteiger partial charge in [0.15, 0.2) is 11.2 Å². The van der Waals surface area contributed by atoms with Gasteiger partial charge in [0, 0.05) is 61.1 Å². The molecule has 10 aromatic rings. The van der Waals surface area contributed by atoms with Crippen LogP contribution >= 0.6 is 0 Å². The van der Waals surface area contributed by atoms with Crippen LogP contribution in [0.2, 0.25) is 0 Å². The van der Waals surface area contributed by atoms with Crippen LogP contribution in [-0.4, -0.2) is 12.3 Å². The summed E-state index contributed by atoms with van der Waals surface area (Å²) in [6.45, 7) is 32.2. The van der Waals surface area contributed by atoms with E-state index in [4.69, 9.17) is 8.83 Å². The monoisotopic (exact) mass is 1080 g/mol. The van der Waals surface area contributed by atoms with E-state index in [0.717, 1.165) is 93.8 Å². The zero-order valence-electron chi connectivity index (χ0n) is 50.7. The molecule has 3 aliphatic carbocycles. The Morgan fingerprint density at radius 1 is 0.402 bits per heavy atom. The van der Waals surface area contributed by atoms with Gasteiger partial charge in [-0.25, -0.2) is 0 Å². The average molecular weight is 1080 g/mol. The van der Waals surface area contributed by atoms with E-state index < -0.39 is 0 Å². The van der Waals surface area contributed by atoms with Gasteiger partial charge in [0.05, 0.1) is 16.9 Å². The highest BCUT2D eigenvalue weighted by atomic mass is 16.3. The van der Waals surface area contributed by atoms with Gasteiger partial charge in [0.2, 0.25) is 0 Å². The highest BCUT2D eigenvalue weighted by molar-refractivity contribution is 7.00. The summed E-state index contributed by atoms with van der Waals surface area (Å²) in [6, 6.07) is 54.5. The van der Waals surface area contributed by atoms with E-state index in [0.29, 0.717) is 0 Å². The zero-order chi connectivity index (χ0) is 56.6. The van der Waals surface area contributed by atoms with E-state index in [2.05, 4.69) is 244 Å². The van der Waals surface area contributed by atoms with E-state index in [9.17, 15) is 0 Å². The van der Waals surface area contributed by atoms with Gasteiger partial charge < -0.3 is 23.5 Å². The first-order chi connectivity index (χ1) is 39.0. The van der Waals surface area contributed by atoms with Crippen molar-refractivity contribution in [1.29, 1.82) is 0 Å². The summed E-state index contributed by atoms with van der Waals surface area (Å²) in [5, 5.41) is 4.55. The third-order valence-corrected chi connectivity index (χ3v) is 22.5. The fraction of sp³-hybridized carbons (Fsp3) is 0.368. The van der Waals surface area contributed by atoms with Gasteiger partial charge in [-0.15, -0.1) is 0 Å². The van der Waals surface area contributed by atoms with Crippen molar-refractivity contribution in [2.45, 2.75) is 179 Å². The van der Waals surface area contributed by atoms with Gasteiger partial charge in [-0.3, -0.25) is 0 Å². The number of rotatable bonds is 3. The molecule has 0 bridgehead atoms. The normalized spacial score (nSPS) is 22.5. The number of hydrogen-bond acceptors (Lipinski definition) is 5. The maximum atomic E-state index is 7.22. The summed E-state index contributed by atoms with van der Waals surface area (Å²) in [6.07, 6.45) is 9.20. The summed E-state index contributed by atoms with van der Waals surface area (Å²) < 4.78 is 14.4. The number of benzene rings is 8. The van der Waals surface area contributed by atoms with Crippen LogP contribution in [0.25, 0.3) is 43.9 Å². The maximum Gasteiger partial charge on any atom is 0.252 e. The molecule has 0 saturated heterocycles. The Labute approximate surface area is 485 Å². The van der Waals surface area contributed by atoms with E-state index in [-0.39, 0.29) is 44.7 Å². The van der Waals surface area contributed by atoms with Crippen molar-refractivity contribution < 1.29 is 8.83 Å². The zero-order valence-corrected chi connectivity index (χ0v) is 50.7. The molecule has 0 spiro atoms. The predicted molar refractivity (Wildman–Crippen MR) is 347 cm³/mol. The van der Waals surface area contributed by atoms with Gasteiger partial charge in [-0.05, 0) is 177 Å². The molecule has 5 heterocycles. The number of furan rings is 2. The van der Waals surface area contributed by atoms with Crippen molar-refractivity contribution >= 4 is 112 Å². The molecule has 82 heavy (non-hydrogen) atoms. The lowest BCUT2D eigenvalue weighted by Crippen LogP contribution is -2.62. The van der Waals surface area contributed by atoms with Gasteiger partial charge in [0.1, 0.15) is 11.2 Å². The molecule has 2 atom stereocenters. The molecule has 6 aliphatic rings. The fourth-order valence-electron chi connectivity index (χ4n) is 17.2. The lowest BCUT2D eigenvalue weighted by atomic mass is 9.32. The lowest BCUT2D eigenvalue weighted by Gasteiger charge is -2.51. The second-order valence-corrected chi connectivity index (χ2v) is 30.1. The van der Waals surface area contributed by atoms with Crippen molar-refractivity contribution in [2.24, 2.45) is 0 Å². The third-order valence-electron chi connectivity index (χ3n) is 22.5. The summed E-state index contributed by atoms with van der Waals surface area (Å²) in [5.74, 6) is 0. The summed E-state index contributed by atoms with van der Waals surface area (Å²) in [5.41, 5.74) is 25.7. The summed E-state index contributed by atoms with van der Waals surface area (Å²) in [7, 11) is 0. The summed E-state index contributed by atoms with van der Waals surface area (Å²) >= 11 is 0. The van der Waals surface area contributed by atoms with Crippen molar-refractivity contribution in [2.75, 3.05) is 14.7 Å². The molecule has 412 valence electrons. The Kier molecular flexibility index (Phi) is 10.1. The van der Waals surface area contributed by atoms with Gasteiger partial charge >= 0.3 is 0 Å². The minimum Gasteiger partial charge on any atom is -0.454 e. The second-order valence-electron chi connectivity index (χ2n) is 30.1. The Balaban J connectivity index is 1.10. The van der Waals surface area contributed by atoms with Crippen LogP contribution in [0.1, 0.15) is 175 Å². The molecular weight excluding hydrogens is 998 g/mol. The van der Waals surface area contributed by atoms with E-state index >= 15 is 0 Å². The molecular formula is C76H78BN3O2. The second kappa shape index (κ2) is 16.3. The Morgan fingerprint density at radius 3 is 1.34 bits per heavy atom. The van der Waals surface area contributed by atoms with Crippen LogP contribution in [0.4, 0.5) is 45.5 Å². The first kappa shape index (κ1) is 50.5. The van der Waals surface area contributed by atoms with Crippen molar-refractivity contribution in [3.8, 4) is 0 Å². The first-order valence-corrected chi connectivity index (χ1v) is 30.9. The molecule has 2 aromatic heterocycles.